The van der Waals surface area contributed by atoms with E-state index in [0.29, 0.717) is 28.8 Å². The predicted octanol–water partition coefficient (Wildman–Crippen LogP) is 2.85. The van der Waals surface area contributed by atoms with E-state index in [1.807, 2.05) is 17.5 Å². The Morgan fingerprint density at radius 2 is 2.15 bits per heavy atom. The lowest BCUT2D eigenvalue weighted by Gasteiger charge is -2.25. The lowest BCUT2D eigenvalue weighted by molar-refractivity contribution is -0.117. The van der Waals surface area contributed by atoms with Crippen LogP contribution in [0.4, 0.5) is 10.8 Å². The molecule has 27 heavy (non-hydrogen) atoms. The van der Waals surface area contributed by atoms with Crippen molar-refractivity contribution >= 4 is 45.3 Å². The molecule has 0 aliphatic carbocycles. The normalized spacial score (nSPS) is 13.8. The molecule has 0 spiro atoms. The molecule has 7 nitrogen and oxygen atoms in total. The summed E-state index contributed by atoms with van der Waals surface area (Å²) in [6, 6.07) is 7.23. The van der Waals surface area contributed by atoms with Crippen LogP contribution in [-0.2, 0) is 17.8 Å². The van der Waals surface area contributed by atoms with Crippen molar-refractivity contribution in [3.63, 3.8) is 0 Å². The maximum atomic E-state index is 12.2. The van der Waals surface area contributed by atoms with E-state index in [1.54, 1.807) is 24.5 Å². The average Bonchev–Trinajstić information content (AvgIpc) is 3.31. The average molecular weight is 400 g/mol. The van der Waals surface area contributed by atoms with E-state index >= 15 is 0 Å². The maximum Gasteiger partial charge on any atom is 0.267 e. The van der Waals surface area contributed by atoms with E-state index in [0.717, 1.165) is 23.5 Å². The van der Waals surface area contributed by atoms with Gasteiger partial charge in [-0.1, -0.05) is 6.07 Å². The molecule has 3 aromatic heterocycles. The number of fused-ring (bicyclic) bond motifs is 1. The summed E-state index contributed by atoms with van der Waals surface area (Å²) in [5.74, 6) is -0.203. The van der Waals surface area contributed by atoms with Gasteiger partial charge in [-0.2, -0.15) is 0 Å². The number of nitrogens with one attached hydrogen (secondary N) is 2. The number of thiazole rings is 1. The van der Waals surface area contributed by atoms with Crippen molar-refractivity contribution in [3.8, 4) is 0 Å². The standard InChI is InChI=1S/C18H17N5O2S2/c24-16(20-12-3-1-6-19-9-12)11-23-7-5-13-15(10-23)27-18(21-13)22-17(25)14-4-2-8-26-14/h1-4,6,8-9H,5,7,10-11H2,(H,20,24)(H,21,22,25). The zero-order chi connectivity index (χ0) is 18.6. The van der Waals surface area contributed by atoms with Crippen LogP contribution in [0, 0.1) is 0 Å². The Morgan fingerprint density at radius 1 is 1.22 bits per heavy atom. The van der Waals surface area contributed by atoms with Gasteiger partial charge in [0, 0.05) is 30.6 Å². The first-order chi connectivity index (χ1) is 13.2. The van der Waals surface area contributed by atoms with Crippen molar-refractivity contribution in [1.29, 1.82) is 0 Å². The first-order valence-corrected chi connectivity index (χ1v) is 10.1. The third-order valence-corrected chi connectivity index (χ3v) is 5.95. The fraction of sp³-hybridized carbons (Fsp3) is 0.222. The van der Waals surface area contributed by atoms with Gasteiger partial charge in [-0.3, -0.25) is 24.8 Å². The molecule has 3 aromatic rings. The number of hydrogen-bond acceptors (Lipinski definition) is 7. The second kappa shape index (κ2) is 7.95. The highest BCUT2D eigenvalue weighted by molar-refractivity contribution is 7.16. The summed E-state index contributed by atoms with van der Waals surface area (Å²) < 4.78 is 0. The third-order valence-electron chi connectivity index (χ3n) is 4.09. The second-order valence-corrected chi connectivity index (χ2v) is 8.10. The Hall–Kier alpha value is -2.62. The van der Waals surface area contributed by atoms with E-state index in [9.17, 15) is 9.59 Å². The van der Waals surface area contributed by atoms with Gasteiger partial charge in [0.05, 0.1) is 29.0 Å². The number of amides is 2. The predicted molar refractivity (Wildman–Crippen MR) is 106 cm³/mol. The summed E-state index contributed by atoms with van der Waals surface area (Å²) in [5.41, 5.74) is 1.70. The number of carbonyl (C=O) groups excluding carboxylic acids is 2. The molecule has 0 fully saturated rings. The molecular formula is C18H17N5O2S2. The molecule has 0 bridgehead atoms. The van der Waals surface area contributed by atoms with E-state index in [2.05, 4.69) is 25.5 Å². The number of anilines is 2. The van der Waals surface area contributed by atoms with Crippen molar-refractivity contribution in [2.45, 2.75) is 13.0 Å². The molecule has 0 aromatic carbocycles. The van der Waals surface area contributed by atoms with E-state index in [-0.39, 0.29) is 11.8 Å². The van der Waals surface area contributed by atoms with Gasteiger partial charge in [-0.05, 0) is 23.6 Å². The van der Waals surface area contributed by atoms with E-state index in [1.165, 1.54) is 22.7 Å². The molecule has 4 rings (SSSR count). The van der Waals surface area contributed by atoms with Gasteiger partial charge in [0.2, 0.25) is 5.91 Å². The molecule has 138 valence electrons. The van der Waals surface area contributed by atoms with Gasteiger partial charge in [0.15, 0.2) is 5.13 Å². The summed E-state index contributed by atoms with van der Waals surface area (Å²) in [5, 5.41) is 8.20. The topological polar surface area (TPSA) is 87.2 Å². The quantitative estimate of drug-likeness (QED) is 0.689. The first kappa shape index (κ1) is 17.8. The van der Waals surface area contributed by atoms with Gasteiger partial charge in [-0.15, -0.1) is 22.7 Å². The van der Waals surface area contributed by atoms with Crippen LogP contribution in [0.25, 0.3) is 0 Å². The second-order valence-electron chi connectivity index (χ2n) is 6.07. The lowest BCUT2D eigenvalue weighted by atomic mass is 10.2. The first-order valence-electron chi connectivity index (χ1n) is 8.43. The fourth-order valence-electron chi connectivity index (χ4n) is 2.84. The van der Waals surface area contributed by atoms with Gasteiger partial charge >= 0.3 is 0 Å². The highest BCUT2D eigenvalue weighted by Crippen LogP contribution is 2.28. The Kier molecular flexibility index (Phi) is 5.23. The minimum atomic E-state index is -0.135. The van der Waals surface area contributed by atoms with Crippen molar-refractivity contribution in [1.82, 2.24) is 14.9 Å². The largest absolute Gasteiger partial charge is 0.324 e. The van der Waals surface area contributed by atoms with Crippen LogP contribution in [-0.4, -0.2) is 39.8 Å². The minimum absolute atomic E-state index is 0.0674. The molecule has 0 unspecified atom stereocenters. The number of aromatic nitrogens is 2. The molecule has 2 amide bonds. The van der Waals surface area contributed by atoms with Crippen LogP contribution in [0.5, 0.6) is 0 Å². The molecular weight excluding hydrogens is 382 g/mol. The Balaban J connectivity index is 1.35. The Bertz CT molecular complexity index is 940. The van der Waals surface area contributed by atoms with Gasteiger partial charge in [-0.25, -0.2) is 4.98 Å². The van der Waals surface area contributed by atoms with E-state index in [4.69, 9.17) is 0 Å². The monoisotopic (exact) mass is 399 g/mol. The van der Waals surface area contributed by atoms with Crippen LogP contribution >= 0.6 is 22.7 Å². The van der Waals surface area contributed by atoms with Gasteiger partial charge in [0.25, 0.3) is 5.91 Å². The highest BCUT2D eigenvalue weighted by atomic mass is 32.1. The summed E-state index contributed by atoms with van der Waals surface area (Å²) in [7, 11) is 0. The van der Waals surface area contributed by atoms with Crippen molar-refractivity contribution in [2.75, 3.05) is 23.7 Å². The Labute approximate surface area is 164 Å². The number of rotatable bonds is 5. The van der Waals surface area contributed by atoms with E-state index < -0.39 is 0 Å². The smallest absolute Gasteiger partial charge is 0.267 e. The minimum Gasteiger partial charge on any atom is -0.324 e. The number of pyridine rings is 1. The summed E-state index contributed by atoms with van der Waals surface area (Å²) in [6.45, 7) is 1.72. The SMILES string of the molecule is O=C(CN1CCc2nc(NC(=O)c3cccs3)sc2C1)Nc1cccnc1. The zero-order valence-electron chi connectivity index (χ0n) is 14.3. The molecule has 9 heteroatoms. The molecule has 4 heterocycles. The van der Waals surface area contributed by atoms with Crippen molar-refractivity contribution in [2.24, 2.45) is 0 Å². The molecule has 0 radical (unpaired) electrons. The van der Waals surface area contributed by atoms with Crippen molar-refractivity contribution in [3.05, 3.63) is 57.5 Å². The van der Waals surface area contributed by atoms with Crippen LogP contribution in [0.3, 0.4) is 0 Å². The van der Waals surface area contributed by atoms with Crippen molar-refractivity contribution < 1.29 is 9.59 Å². The fourth-order valence-corrected chi connectivity index (χ4v) is 4.51. The number of nitrogens with zero attached hydrogens (tertiary/aromatic N) is 3. The van der Waals surface area contributed by atoms with Crippen LogP contribution in [0.2, 0.25) is 0 Å². The highest BCUT2D eigenvalue weighted by Gasteiger charge is 2.23. The van der Waals surface area contributed by atoms with Crippen LogP contribution in [0.15, 0.2) is 42.0 Å². The molecule has 0 saturated heterocycles. The Morgan fingerprint density at radius 3 is 2.93 bits per heavy atom. The molecule has 1 aliphatic rings. The van der Waals surface area contributed by atoms with Crippen LogP contribution < -0.4 is 10.6 Å². The molecule has 0 saturated carbocycles. The molecule has 0 atom stereocenters. The summed E-state index contributed by atoms with van der Waals surface area (Å²) in [6.07, 6.45) is 4.05. The van der Waals surface area contributed by atoms with Gasteiger partial charge in [0.1, 0.15) is 0 Å². The number of thiophene rings is 1. The maximum absolute atomic E-state index is 12.2. The molecule has 2 N–H and O–H groups in total. The zero-order valence-corrected chi connectivity index (χ0v) is 16.0. The molecule has 1 aliphatic heterocycles. The number of hydrogen-bond donors (Lipinski definition) is 2. The van der Waals surface area contributed by atoms with Gasteiger partial charge < -0.3 is 5.32 Å². The third kappa shape index (κ3) is 4.38. The van der Waals surface area contributed by atoms with Crippen LogP contribution in [0.1, 0.15) is 20.2 Å². The summed E-state index contributed by atoms with van der Waals surface area (Å²) >= 11 is 2.87. The summed E-state index contributed by atoms with van der Waals surface area (Å²) in [4.78, 5) is 36.8. The lowest BCUT2D eigenvalue weighted by Crippen LogP contribution is -2.36. The number of carbonyl (C=O) groups is 2.